The number of H-pyrrole nitrogens is 1. The smallest absolute Gasteiger partial charge is 0.328 e. The lowest BCUT2D eigenvalue weighted by molar-refractivity contribution is -0.147. The summed E-state index contributed by atoms with van der Waals surface area (Å²) in [6.45, 7) is -0.414. The molecule has 9 nitrogen and oxygen atoms in total. The second-order valence-electron chi connectivity index (χ2n) is 4.99. The van der Waals surface area contributed by atoms with Crippen molar-refractivity contribution in [3.63, 3.8) is 0 Å². The molecule has 0 aliphatic carbocycles. The molecule has 2 N–H and O–H groups in total. The first-order valence-corrected chi connectivity index (χ1v) is 7.37. The number of nitrogens with one attached hydrogen (secondary N) is 2. The summed E-state index contributed by atoms with van der Waals surface area (Å²) in [5.74, 6) is -0.553. The van der Waals surface area contributed by atoms with Crippen molar-refractivity contribution in [2.75, 3.05) is 19.0 Å². The van der Waals surface area contributed by atoms with Gasteiger partial charge in [0.05, 0.1) is 13.5 Å². The van der Waals surface area contributed by atoms with Crippen molar-refractivity contribution in [2.24, 2.45) is 0 Å². The molecule has 25 heavy (non-hydrogen) atoms. The Balaban J connectivity index is 1.78. The van der Waals surface area contributed by atoms with Gasteiger partial charge in [-0.3, -0.25) is 19.4 Å². The molecule has 0 unspecified atom stereocenters. The van der Waals surface area contributed by atoms with Crippen LogP contribution in [0.4, 0.5) is 5.69 Å². The molecule has 1 heterocycles. The zero-order valence-electron chi connectivity index (χ0n) is 13.5. The van der Waals surface area contributed by atoms with Gasteiger partial charge in [0.2, 0.25) is 0 Å². The highest BCUT2D eigenvalue weighted by molar-refractivity contribution is 5.92. The van der Waals surface area contributed by atoms with E-state index in [0.717, 1.165) is 0 Å². The van der Waals surface area contributed by atoms with Crippen LogP contribution in [-0.4, -0.2) is 35.1 Å². The number of hydrogen-bond donors (Lipinski definition) is 2. The number of anilines is 1. The van der Waals surface area contributed by atoms with Crippen LogP contribution in [0.25, 0.3) is 0 Å². The van der Waals surface area contributed by atoms with E-state index >= 15 is 0 Å². The zero-order valence-corrected chi connectivity index (χ0v) is 13.5. The summed E-state index contributed by atoms with van der Waals surface area (Å²) in [6.07, 6.45) is 1.17. The number of aromatic amines is 1. The van der Waals surface area contributed by atoms with Crippen LogP contribution in [0.2, 0.25) is 0 Å². The van der Waals surface area contributed by atoms with Crippen LogP contribution in [-0.2, 0) is 20.9 Å². The zero-order chi connectivity index (χ0) is 18.2. The molecule has 0 aliphatic rings. The summed E-state index contributed by atoms with van der Waals surface area (Å²) < 4.78 is 11.1. The number of hydrogen-bond acceptors (Lipinski definition) is 6. The van der Waals surface area contributed by atoms with E-state index in [0.29, 0.717) is 11.4 Å². The fraction of sp³-hybridized carbons (Fsp3) is 0.250. The molecule has 0 aliphatic heterocycles. The van der Waals surface area contributed by atoms with Gasteiger partial charge in [0.25, 0.3) is 11.5 Å². The molecule has 0 spiro atoms. The predicted molar refractivity (Wildman–Crippen MR) is 88.5 cm³/mol. The Hall–Kier alpha value is -3.36. The van der Waals surface area contributed by atoms with Gasteiger partial charge >= 0.3 is 11.7 Å². The number of nitrogens with zero attached hydrogens (tertiary/aromatic N) is 1. The molecule has 0 saturated heterocycles. The largest absolute Gasteiger partial charge is 0.497 e. The van der Waals surface area contributed by atoms with Gasteiger partial charge in [0.1, 0.15) is 5.75 Å². The van der Waals surface area contributed by atoms with E-state index in [9.17, 15) is 19.2 Å². The maximum atomic E-state index is 11.8. The number of amides is 1. The second-order valence-corrected chi connectivity index (χ2v) is 4.99. The molecule has 0 radical (unpaired) electrons. The van der Waals surface area contributed by atoms with Crippen molar-refractivity contribution in [3.8, 4) is 5.75 Å². The molecule has 2 rings (SSSR count). The summed E-state index contributed by atoms with van der Waals surface area (Å²) >= 11 is 0. The Kier molecular flexibility index (Phi) is 6.10. The van der Waals surface area contributed by atoms with Gasteiger partial charge in [-0.2, -0.15) is 0 Å². The van der Waals surface area contributed by atoms with Gasteiger partial charge in [-0.15, -0.1) is 0 Å². The van der Waals surface area contributed by atoms with E-state index in [1.807, 2.05) is 0 Å². The lowest BCUT2D eigenvalue weighted by atomic mass is 10.3. The van der Waals surface area contributed by atoms with E-state index in [1.54, 1.807) is 24.3 Å². The number of rotatable bonds is 7. The summed E-state index contributed by atoms with van der Waals surface area (Å²) in [5.41, 5.74) is -0.616. The van der Waals surface area contributed by atoms with Gasteiger partial charge in [0, 0.05) is 30.6 Å². The minimum absolute atomic E-state index is 0.0337. The molecular formula is C16H17N3O6. The molecule has 9 heteroatoms. The van der Waals surface area contributed by atoms with Crippen LogP contribution in [0.1, 0.15) is 6.42 Å². The van der Waals surface area contributed by atoms with E-state index in [-0.39, 0.29) is 13.0 Å². The lowest BCUT2D eigenvalue weighted by Crippen LogP contribution is -2.29. The van der Waals surface area contributed by atoms with Crippen LogP contribution in [0.5, 0.6) is 5.75 Å². The van der Waals surface area contributed by atoms with Crippen LogP contribution in [0, 0.1) is 0 Å². The molecule has 1 aromatic carbocycles. The van der Waals surface area contributed by atoms with E-state index < -0.39 is 29.7 Å². The normalized spacial score (nSPS) is 10.1. The number of esters is 1. The Morgan fingerprint density at radius 3 is 2.76 bits per heavy atom. The first kappa shape index (κ1) is 18.0. The van der Waals surface area contributed by atoms with Crippen LogP contribution < -0.4 is 21.3 Å². The Bertz CT molecular complexity index is 870. The molecule has 0 atom stereocenters. The minimum atomic E-state index is -0.640. The third-order valence-corrected chi connectivity index (χ3v) is 3.17. The predicted octanol–water partition coefficient (Wildman–Crippen LogP) is 0.117. The molecule has 0 bridgehead atoms. The van der Waals surface area contributed by atoms with Gasteiger partial charge in [-0.1, -0.05) is 6.07 Å². The number of aryl methyl sites for hydroxylation is 1. The van der Waals surface area contributed by atoms with Crippen molar-refractivity contribution in [2.45, 2.75) is 13.0 Å². The van der Waals surface area contributed by atoms with Gasteiger partial charge in [0.15, 0.2) is 6.61 Å². The number of aromatic nitrogens is 2. The van der Waals surface area contributed by atoms with Gasteiger partial charge < -0.3 is 19.4 Å². The molecular weight excluding hydrogens is 330 g/mol. The molecule has 0 fully saturated rings. The first-order valence-electron chi connectivity index (χ1n) is 7.37. The third kappa shape index (κ3) is 5.65. The van der Waals surface area contributed by atoms with Crippen LogP contribution in [0.15, 0.2) is 46.1 Å². The lowest BCUT2D eigenvalue weighted by Gasteiger charge is -2.08. The fourth-order valence-corrected chi connectivity index (χ4v) is 1.95. The average molecular weight is 347 g/mol. The average Bonchev–Trinajstić information content (AvgIpc) is 2.59. The van der Waals surface area contributed by atoms with Crippen molar-refractivity contribution in [1.82, 2.24) is 9.55 Å². The highest BCUT2D eigenvalue weighted by Gasteiger charge is 2.09. The standard InChI is InChI=1S/C16H17N3O6/c1-24-12-4-2-3-11(9-12)17-14(21)10-25-15(22)6-8-19-7-5-13(20)18-16(19)23/h2-5,7,9H,6,8,10H2,1H3,(H,17,21)(H,18,20,23). The van der Waals surface area contributed by atoms with E-state index in [2.05, 4.69) is 10.3 Å². The van der Waals surface area contributed by atoms with Crippen molar-refractivity contribution in [1.29, 1.82) is 0 Å². The SMILES string of the molecule is COc1cccc(NC(=O)COC(=O)CCn2ccc(=O)[nH]c2=O)c1. The molecule has 1 aromatic heterocycles. The number of carbonyl (C=O) groups excluding carboxylic acids is 2. The Morgan fingerprint density at radius 2 is 2.04 bits per heavy atom. The number of benzene rings is 1. The Labute approximate surface area is 142 Å². The van der Waals surface area contributed by atoms with Gasteiger partial charge in [-0.05, 0) is 12.1 Å². The number of methoxy groups -OCH3 is 1. The molecule has 0 saturated carbocycles. The topological polar surface area (TPSA) is 119 Å². The van der Waals surface area contributed by atoms with Crippen molar-refractivity contribution < 1.29 is 19.1 Å². The van der Waals surface area contributed by atoms with Gasteiger partial charge in [-0.25, -0.2) is 4.79 Å². The summed E-state index contributed by atoms with van der Waals surface area (Å²) in [4.78, 5) is 47.9. The molecule has 1 amide bonds. The van der Waals surface area contributed by atoms with E-state index in [4.69, 9.17) is 9.47 Å². The molecule has 2 aromatic rings. The fourth-order valence-electron chi connectivity index (χ4n) is 1.95. The summed E-state index contributed by atoms with van der Waals surface area (Å²) in [7, 11) is 1.51. The monoisotopic (exact) mass is 347 g/mol. The van der Waals surface area contributed by atoms with Crippen LogP contribution in [0.3, 0.4) is 0 Å². The molecule has 132 valence electrons. The maximum absolute atomic E-state index is 11.8. The summed E-state index contributed by atoms with van der Waals surface area (Å²) in [5, 5.41) is 2.57. The van der Waals surface area contributed by atoms with Crippen molar-refractivity contribution in [3.05, 3.63) is 57.4 Å². The number of carbonyl (C=O) groups is 2. The Morgan fingerprint density at radius 1 is 1.24 bits per heavy atom. The first-order chi connectivity index (χ1) is 12.0. The van der Waals surface area contributed by atoms with Crippen molar-refractivity contribution >= 4 is 17.6 Å². The summed E-state index contributed by atoms with van der Waals surface area (Å²) in [6, 6.07) is 7.91. The van der Waals surface area contributed by atoms with E-state index in [1.165, 1.54) is 23.9 Å². The highest BCUT2D eigenvalue weighted by Crippen LogP contribution is 2.16. The second kappa shape index (κ2) is 8.48. The highest BCUT2D eigenvalue weighted by atomic mass is 16.5. The third-order valence-electron chi connectivity index (χ3n) is 3.17. The maximum Gasteiger partial charge on any atom is 0.328 e. The number of ether oxygens (including phenoxy) is 2. The quantitative estimate of drug-likeness (QED) is 0.687. The minimum Gasteiger partial charge on any atom is -0.497 e. The van der Waals surface area contributed by atoms with Crippen LogP contribution >= 0.6 is 0 Å².